The van der Waals surface area contributed by atoms with Crippen molar-refractivity contribution in [3.63, 3.8) is 0 Å². The van der Waals surface area contributed by atoms with Crippen molar-refractivity contribution in [1.82, 2.24) is 0 Å². The van der Waals surface area contributed by atoms with Crippen molar-refractivity contribution < 1.29 is 31.4 Å². The van der Waals surface area contributed by atoms with E-state index in [0.29, 0.717) is 25.2 Å². The van der Waals surface area contributed by atoms with E-state index in [1.807, 2.05) is 0 Å². The molecule has 0 amide bonds. The van der Waals surface area contributed by atoms with Crippen molar-refractivity contribution in [3.8, 4) is 0 Å². The number of hydrogen-bond donors (Lipinski definition) is 1. The molecule has 0 heterocycles. The van der Waals surface area contributed by atoms with Crippen LogP contribution in [0.3, 0.4) is 0 Å². The largest absolute Gasteiger partial charge is 0.426 e. The number of halogens is 6. The quantitative estimate of drug-likeness (QED) is 0.474. The van der Waals surface area contributed by atoms with E-state index in [4.69, 9.17) is 0 Å². The lowest BCUT2D eigenvalue weighted by Crippen LogP contribution is -2.58. The van der Waals surface area contributed by atoms with Crippen molar-refractivity contribution in [1.29, 1.82) is 0 Å². The van der Waals surface area contributed by atoms with Crippen molar-refractivity contribution >= 4 is 17.2 Å². The van der Waals surface area contributed by atoms with Gasteiger partial charge in [-0.3, -0.25) is 0 Å². The molecule has 0 aromatic carbocycles. The van der Waals surface area contributed by atoms with Gasteiger partial charge in [-0.2, -0.15) is 26.3 Å². The molecule has 1 N–H and O–H groups in total. The molecule has 0 spiro atoms. The molecule has 1 nitrogen and oxygen atoms in total. The topological polar surface area (TPSA) is 20.2 Å². The van der Waals surface area contributed by atoms with Gasteiger partial charge in [0.25, 0.3) is 5.60 Å². The minimum atomic E-state index is -5.70. The summed E-state index contributed by atoms with van der Waals surface area (Å²) in [5, 5.41) is 9.28. The van der Waals surface area contributed by atoms with Gasteiger partial charge in [0.2, 0.25) is 0 Å². The Kier molecular flexibility index (Phi) is 4.34. The van der Waals surface area contributed by atoms with Gasteiger partial charge in [-0.15, -0.1) is 0 Å². The summed E-state index contributed by atoms with van der Waals surface area (Å²) in [4.78, 5) is 0. The van der Waals surface area contributed by atoms with Gasteiger partial charge in [-0.25, -0.2) is 0 Å². The molecule has 2 aliphatic carbocycles. The summed E-state index contributed by atoms with van der Waals surface area (Å²) < 4.78 is 76.3. The van der Waals surface area contributed by atoms with Crippen LogP contribution in [0.5, 0.6) is 0 Å². The zero-order valence-corrected chi connectivity index (χ0v) is 12.0. The van der Waals surface area contributed by atoms with Crippen LogP contribution in [0.4, 0.5) is 26.3 Å². The maximum atomic E-state index is 12.7. The van der Waals surface area contributed by atoms with Crippen LogP contribution in [-0.4, -0.2) is 34.7 Å². The fourth-order valence-corrected chi connectivity index (χ4v) is 4.60. The van der Waals surface area contributed by atoms with Crippen molar-refractivity contribution in [2.75, 3.05) is 5.75 Å². The Morgan fingerprint density at radius 1 is 0.905 bits per heavy atom. The first-order chi connectivity index (χ1) is 9.49. The molecule has 122 valence electrons. The molecule has 2 bridgehead atoms. The monoisotopic (exact) mass is 335 g/mol. The van der Waals surface area contributed by atoms with Crippen LogP contribution in [0.1, 0.15) is 25.7 Å². The van der Waals surface area contributed by atoms with Gasteiger partial charge in [0.05, 0.1) is 0 Å². The highest BCUT2D eigenvalue weighted by Crippen LogP contribution is 2.57. The van der Waals surface area contributed by atoms with Crippen LogP contribution < -0.4 is 0 Å². The van der Waals surface area contributed by atoms with Crippen LogP contribution in [0, 0.1) is 23.7 Å². The summed E-state index contributed by atoms with van der Waals surface area (Å²) in [5.74, 6) is 4.08. The molecule has 0 aliphatic heterocycles. The van der Waals surface area contributed by atoms with Crippen LogP contribution in [0.2, 0.25) is 0 Å². The van der Waals surface area contributed by atoms with Crippen LogP contribution >= 0.6 is 0 Å². The average molecular weight is 335 g/mol. The second-order valence-corrected chi connectivity index (χ2v) is 6.92. The van der Waals surface area contributed by atoms with Crippen LogP contribution in [0.25, 0.3) is 0 Å². The third-order valence-corrected chi connectivity index (χ3v) is 5.64. The van der Waals surface area contributed by atoms with E-state index < -0.39 is 30.3 Å². The van der Waals surface area contributed by atoms with Crippen molar-refractivity contribution in [2.45, 2.75) is 43.6 Å². The summed E-state index contributed by atoms with van der Waals surface area (Å²) in [6.07, 6.45) is -11.0. The summed E-state index contributed by atoms with van der Waals surface area (Å²) in [5.41, 5.74) is -4.59. The fourth-order valence-electron chi connectivity index (χ4n) is 3.89. The van der Waals surface area contributed by atoms with E-state index in [2.05, 4.69) is 5.87 Å². The number of hydrogen-bond acceptors (Lipinski definition) is 1. The van der Waals surface area contributed by atoms with E-state index in [1.165, 1.54) is 11.4 Å². The molecule has 2 rings (SSSR count). The third kappa shape index (κ3) is 2.93. The van der Waals surface area contributed by atoms with E-state index in [1.54, 1.807) is 0 Å². The maximum absolute atomic E-state index is 12.7. The molecule has 4 atom stereocenters. The summed E-state index contributed by atoms with van der Waals surface area (Å²) in [7, 11) is 0. The molecule has 2 fully saturated rings. The third-order valence-electron chi connectivity index (χ3n) is 4.98. The highest BCUT2D eigenvalue weighted by atomic mass is 32.1. The van der Waals surface area contributed by atoms with Gasteiger partial charge in [0, 0.05) is 5.92 Å². The molecule has 0 aromatic rings. The minimum Gasteiger partial charge on any atom is -0.374 e. The smallest absolute Gasteiger partial charge is 0.374 e. The Balaban J connectivity index is 2.10. The number of alkyl halides is 6. The van der Waals surface area contributed by atoms with Gasteiger partial charge in [-0.1, -0.05) is 0 Å². The molecule has 0 radical (unpaired) electrons. The standard InChI is InChI=1S/C13H17F6OS/c1-21-6-10-4-7-2-8(10)3-9(7)5-11(20,12(14,15)16)13(17,18)19/h7-10,20H,1-6H2/q+1. The molecule has 2 aliphatic rings. The Labute approximate surface area is 122 Å². The highest BCUT2D eigenvalue weighted by Gasteiger charge is 2.71. The Morgan fingerprint density at radius 3 is 1.76 bits per heavy atom. The predicted octanol–water partition coefficient (Wildman–Crippen LogP) is 3.41. The Morgan fingerprint density at radius 2 is 1.38 bits per heavy atom. The van der Waals surface area contributed by atoms with Gasteiger partial charge in [0.1, 0.15) is 0 Å². The lowest BCUT2D eigenvalue weighted by molar-refractivity contribution is -0.373. The van der Waals surface area contributed by atoms with Gasteiger partial charge in [0.15, 0.2) is 23.0 Å². The van der Waals surface area contributed by atoms with Crippen molar-refractivity contribution in [2.24, 2.45) is 23.7 Å². The fraction of sp³-hybridized carbons (Fsp3) is 0.923. The van der Waals surface area contributed by atoms with Gasteiger partial charge in [-0.05, 0) is 43.4 Å². The van der Waals surface area contributed by atoms with Crippen LogP contribution in [-0.2, 0) is 11.4 Å². The normalized spacial score (nSPS) is 33.5. The Bertz CT molecular complexity index is 390. The average Bonchev–Trinajstić information content (AvgIpc) is 2.85. The van der Waals surface area contributed by atoms with E-state index in [-0.39, 0.29) is 11.8 Å². The SMILES string of the molecule is C=[S+]CC1CC2CC1CC2CC(O)(C(F)(F)F)C(F)(F)F. The minimum absolute atomic E-state index is 0.150. The number of rotatable bonds is 4. The second kappa shape index (κ2) is 5.37. The molecule has 21 heavy (non-hydrogen) atoms. The summed E-state index contributed by atoms with van der Waals surface area (Å²) in [6.45, 7) is 0. The molecule has 8 heteroatoms. The first kappa shape index (κ1) is 17.0. The van der Waals surface area contributed by atoms with Crippen molar-refractivity contribution in [3.05, 3.63) is 0 Å². The lowest BCUT2D eigenvalue weighted by Gasteiger charge is -2.37. The molecule has 2 saturated carbocycles. The summed E-state index contributed by atoms with van der Waals surface area (Å²) in [6, 6.07) is 0. The highest BCUT2D eigenvalue weighted by molar-refractivity contribution is 7.76. The number of aliphatic hydroxyl groups is 1. The first-order valence-corrected chi connectivity index (χ1v) is 7.88. The Hall–Kier alpha value is -0.370. The number of fused-ring (bicyclic) bond motifs is 2. The molecule has 0 saturated heterocycles. The summed E-state index contributed by atoms with van der Waals surface area (Å²) >= 11 is 1.40. The van der Waals surface area contributed by atoms with Gasteiger partial charge < -0.3 is 5.11 Å². The lowest BCUT2D eigenvalue weighted by atomic mass is 9.76. The first-order valence-electron chi connectivity index (χ1n) is 6.72. The maximum Gasteiger partial charge on any atom is 0.426 e. The molecule has 0 aromatic heterocycles. The zero-order chi connectivity index (χ0) is 16.1. The van der Waals surface area contributed by atoms with E-state index >= 15 is 0 Å². The zero-order valence-electron chi connectivity index (χ0n) is 11.2. The van der Waals surface area contributed by atoms with E-state index in [0.717, 1.165) is 5.75 Å². The molecule has 4 unspecified atom stereocenters. The molecular weight excluding hydrogens is 318 g/mol. The molecular formula is C13H17F6OS+. The van der Waals surface area contributed by atoms with Gasteiger partial charge >= 0.3 is 12.4 Å². The predicted molar refractivity (Wildman–Crippen MR) is 68.8 cm³/mol. The van der Waals surface area contributed by atoms with Crippen LogP contribution in [0.15, 0.2) is 0 Å². The second-order valence-electron chi connectivity index (χ2n) is 6.18. The van der Waals surface area contributed by atoms with E-state index in [9.17, 15) is 31.4 Å².